The third-order valence-electron chi connectivity index (χ3n) is 4.16. The van der Waals surface area contributed by atoms with Gasteiger partial charge in [-0.15, -0.1) is 10.2 Å². The number of nitrogens with one attached hydrogen (secondary N) is 1. The van der Waals surface area contributed by atoms with Crippen molar-refractivity contribution >= 4 is 23.5 Å². The maximum atomic E-state index is 12.7. The van der Waals surface area contributed by atoms with Crippen LogP contribution in [0.1, 0.15) is 40.2 Å². The molecule has 9 heteroatoms. The summed E-state index contributed by atoms with van der Waals surface area (Å²) in [6, 6.07) is 5.79. The molecule has 3 aromatic rings. The Kier molecular flexibility index (Phi) is 6.45. The lowest BCUT2D eigenvalue weighted by molar-refractivity contribution is -0.115. The van der Waals surface area contributed by atoms with E-state index < -0.39 is 0 Å². The summed E-state index contributed by atoms with van der Waals surface area (Å²) in [5.41, 5.74) is 0.959. The maximum Gasteiger partial charge on any atom is 0.238 e. The maximum absolute atomic E-state index is 12.7. The van der Waals surface area contributed by atoms with Crippen LogP contribution < -0.4 is 5.32 Å². The van der Waals surface area contributed by atoms with E-state index in [0.717, 1.165) is 29.5 Å². The molecule has 0 aliphatic rings. The Labute approximate surface area is 168 Å². The second kappa shape index (κ2) is 9.01. The summed E-state index contributed by atoms with van der Waals surface area (Å²) in [5.74, 6) is 1.39. The minimum Gasteiger partial charge on any atom is -0.310 e. The van der Waals surface area contributed by atoms with Gasteiger partial charge in [-0.2, -0.15) is 5.10 Å². The Morgan fingerprint density at radius 2 is 1.89 bits per heavy atom. The van der Waals surface area contributed by atoms with Gasteiger partial charge in [-0.3, -0.25) is 9.78 Å². The van der Waals surface area contributed by atoms with Crippen LogP contribution in [-0.4, -0.2) is 40.7 Å². The fraction of sp³-hybridized carbons (Fsp3) is 0.421. The number of carbonyl (C=O) groups is 1. The van der Waals surface area contributed by atoms with Gasteiger partial charge in [0.15, 0.2) is 11.0 Å². The van der Waals surface area contributed by atoms with Gasteiger partial charge in [-0.05, 0) is 39.3 Å². The van der Waals surface area contributed by atoms with E-state index in [1.54, 1.807) is 29.3 Å². The van der Waals surface area contributed by atoms with Gasteiger partial charge in [-0.1, -0.05) is 18.7 Å². The van der Waals surface area contributed by atoms with Gasteiger partial charge in [-0.25, -0.2) is 4.68 Å². The summed E-state index contributed by atoms with van der Waals surface area (Å²) in [6.07, 6.45) is 6.10. The number of pyridine rings is 1. The molecule has 3 rings (SSSR count). The number of rotatable bonds is 8. The Balaban J connectivity index is 1.76. The molecule has 3 aromatic heterocycles. The average molecular weight is 400 g/mol. The molecule has 0 saturated heterocycles. The van der Waals surface area contributed by atoms with E-state index in [4.69, 9.17) is 0 Å². The Bertz CT molecular complexity index is 920. The van der Waals surface area contributed by atoms with Gasteiger partial charge >= 0.3 is 0 Å². The number of thioether (sulfide) groups is 1. The van der Waals surface area contributed by atoms with Gasteiger partial charge in [0.05, 0.1) is 11.4 Å². The molecule has 148 valence electrons. The molecule has 1 atom stereocenters. The van der Waals surface area contributed by atoms with Crippen molar-refractivity contribution in [1.82, 2.24) is 29.5 Å². The Morgan fingerprint density at radius 3 is 2.57 bits per heavy atom. The molecular weight excluding hydrogens is 374 g/mol. The number of hydrogen-bond acceptors (Lipinski definition) is 6. The normalized spacial score (nSPS) is 12.3. The van der Waals surface area contributed by atoms with Crippen LogP contribution in [-0.2, 0) is 11.3 Å². The second-order valence-corrected chi connectivity index (χ2v) is 8.01. The molecule has 8 nitrogen and oxygen atoms in total. The topological polar surface area (TPSA) is 90.5 Å². The Hall–Kier alpha value is -2.68. The van der Waals surface area contributed by atoms with Crippen molar-refractivity contribution in [2.24, 2.45) is 0 Å². The summed E-state index contributed by atoms with van der Waals surface area (Å²) >= 11 is 1.40. The number of aromatic nitrogens is 6. The molecule has 1 N–H and O–H groups in total. The van der Waals surface area contributed by atoms with Crippen LogP contribution in [0.5, 0.6) is 0 Å². The fourth-order valence-corrected chi connectivity index (χ4v) is 3.66. The smallest absolute Gasteiger partial charge is 0.238 e. The third-order valence-corrected chi connectivity index (χ3v) is 5.25. The molecule has 0 aliphatic carbocycles. The number of amides is 1. The molecule has 0 radical (unpaired) electrons. The minimum absolute atomic E-state index is 0.0936. The first kappa shape index (κ1) is 20.1. The zero-order valence-corrected chi connectivity index (χ0v) is 17.3. The van der Waals surface area contributed by atoms with Gasteiger partial charge in [0.25, 0.3) is 0 Å². The number of nitrogens with zero attached hydrogens (tertiary/aromatic N) is 6. The van der Waals surface area contributed by atoms with Crippen molar-refractivity contribution in [2.45, 2.75) is 57.1 Å². The van der Waals surface area contributed by atoms with Crippen molar-refractivity contribution in [2.75, 3.05) is 5.32 Å². The summed E-state index contributed by atoms with van der Waals surface area (Å²) in [6.45, 7) is 8.80. The monoisotopic (exact) mass is 399 g/mol. The van der Waals surface area contributed by atoms with Gasteiger partial charge < -0.3 is 9.88 Å². The lowest BCUT2D eigenvalue weighted by Crippen LogP contribution is -2.25. The number of carbonyl (C=O) groups excluding carboxylic acids is 1. The van der Waals surface area contributed by atoms with E-state index in [9.17, 15) is 4.79 Å². The SMILES string of the molecule is CCCn1c(SC(C)C(=O)Nc2ccnn2C(C)C)nnc1-c1ccncc1. The summed E-state index contributed by atoms with van der Waals surface area (Å²) in [7, 11) is 0. The van der Waals surface area contributed by atoms with E-state index >= 15 is 0 Å². The summed E-state index contributed by atoms with van der Waals surface area (Å²) in [4.78, 5) is 16.8. The molecule has 0 fully saturated rings. The predicted molar refractivity (Wildman–Crippen MR) is 110 cm³/mol. The first-order chi connectivity index (χ1) is 13.5. The van der Waals surface area contributed by atoms with Crippen LogP contribution in [0.4, 0.5) is 5.82 Å². The van der Waals surface area contributed by atoms with E-state index in [1.807, 2.05) is 32.9 Å². The number of hydrogen-bond donors (Lipinski definition) is 1. The molecule has 0 aliphatic heterocycles. The lowest BCUT2D eigenvalue weighted by atomic mass is 10.2. The number of anilines is 1. The van der Waals surface area contributed by atoms with Crippen LogP contribution in [0.15, 0.2) is 41.9 Å². The minimum atomic E-state index is -0.333. The highest BCUT2D eigenvalue weighted by Gasteiger charge is 2.21. The molecule has 3 heterocycles. The van der Waals surface area contributed by atoms with Crippen molar-refractivity contribution < 1.29 is 4.79 Å². The summed E-state index contributed by atoms with van der Waals surface area (Å²) < 4.78 is 3.85. The highest BCUT2D eigenvalue weighted by atomic mass is 32.2. The van der Waals surface area contributed by atoms with E-state index in [0.29, 0.717) is 5.82 Å². The average Bonchev–Trinajstić information content (AvgIpc) is 3.30. The quantitative estimate of drug-likeness (QED) is 0.582. The third kappa shape index (κ3) is 4.41. The first-order valence-corrected chi connectivity index (χ1v) is 10.2. The molecule has 0 spiro atoms. The van der Waals surface area contributed by atoms with Crippen molar-refractivity contribution in [3.63, 3.8) is 0 Å². The fourth-order valence-electron chi connectivity index (χ4n) is 2.78. The van der Waals surface area contributed by atoms with E-state index in [-0.39, 0.29) is 17.2 Å². The van der Waals surface area contributed by atoms with Crippen molar-refractivity contribution in [1.29, 1.82) is 0 Å². The lowest BCUT2D eigenvalue weighted by Gasteiger charge is -2.15. The van der Waals surface area contributed by atoms with Gasteiger partial charge in [0, 0.05) is 36.6 Å². The summed E-state index contributed by atoms with van der Waals surface area (Å²) in [5, 5.41) is 16.3. The molecular formula is C19H25N7OS. The molecule has 28 heavy (non-hydrogen) atoms. The molecule has 0 saturated carbocycles. The van der Waals surface area contributed by atoms with Gasteiger partial charge in [0.2, 0.25) is 5.91 Å². The highest BCUT2D eigenvalue weighted by Crippen LogP contribution is 2.27. The standard InChI is InChI=1S/C19H25N7OS/c1-5-12-25-17(15-6-9-20-10-7-15)23-24-19(25)28-14(4)18(27)22-16-8-11-21-26(16)13(2)3/h6-11,13-14H,5,12H2,1-4H3,(H,22,27). The van der Waals surface area contributed by atoms with E-state index in [1.165, 1.54) is 11.8 Å². The highest BCUT2D eigenvalue weighted by molar-refractivity contribution is 8.00. The van der Waals surface area contributed by atoms with Crippen LogP contribution in [0.2, 0.25) is 0 Å². The molecule has 1 amide bonds. The zero-order valence-electron chi connectivity index (χ0n) is 16.5. The van der Waals surface area contributed by atoms with Crippen molar-refractivity contribution in [3.05, 3.63) is 36.8 Å². The van der Waals surface area contributed by atoms with Crippen LogP contribution in [0.3, 0.4) is 0 Å². The van der Waals surface area contributed by atoms with Crippen LogP contribution >= 0.6 is 11.8 Å². The van der Waals surface area contributed by atoms with Crippen molar-refractivity contribution in [3.8, 4) is 11.4 Å². The zero-order chi connectivity index (χ0) is 20.1. The van der Waals surface area contributed by atoms with Crippen LogP contribution in [0, 0.1) is 0 Å². The molecule has 1 unspecified atom stereocenters. The largest absolute Gasteiger partial charge is 0.310 e. The van der Waals surface area contributed by atoms with E-state index in [2.05, 4.69) is 37.1 Å². The molecule has 0 aromatic carbocycles. The Morgan fingerprint density at radius 1 is 1.14 bits per heavy atom. The predicted octanol–water partition coefficient (Wildman–Crippen LogP) is 3.65. The first-order valence-electron chi connectivity index (χ1n) is 9.35. The van der Waals surface area contributed by atoms with Crippen LogP contribution in [0.25, 0.3) is 11.4 Å². The van der Waals surface area contributed by atoms with Gasteiger partial charge in [0.1, 0.15) is 5.82 Å². The second-order valence-electron chi connectivity index (χ2n) is 6.70. The molecule has 0 bridgehead atoms.